The lowest BCUT2D eigenvalue weighted by atomic mass is 10.0. The van der Waals surface area contributed by atoms with Gasteiger partial charge in [-0.25, -0.2) is 0 Å². The zero-order valence-electron chi connectivity index (χ0n) is 11.6. The van der Waals surface area contributed by atoms with Crippen molar-refractivity contribution >= 4 is 23.2 Å². The Morgan fingerprint density at radius 2 is 2.00 bits per heavy atom. The van der Waals surface area contributed by atoms with Gasteiger partial charge in [0.05, 0.1) is 5.69 Å². The monoisotopic (exact) mass is 308 g/mol. The Morgan fingerprint density at radius 3 is 2.60 bits per heavy atom. The normalized spacial score (nSPS) is 14.0. The smallest absolute Gasteiger partial charge is 0.0570 e. The summed E-state index contributed by atoms with van der Waals surface area (Å²) >= 11 is 12.2. The SMILES string of the molecule is CCC(N[C@@H](C)c1ccccn1)c1ccc(Cl)cc1Cl. The van der Waals surface area contributed by atoms with Crippen LogP contribution < -0.4 is 5.32 Å². The maximum atomic E-state index is 6.29. The van der Waals surface area contributed by atoms with Crippen LogP contribution in [0.25, 0.3) is 0 Å². The highest BCUT2D eigenvalue weighted by atomic mass is 35.5. The second kappa shape index (κ2) is 7.07. The molecule has 1 aromatic heterocycles. The van der Waals surface area contributed by atoms with E-state index < -0.39 is 0 Å². The van der Waals surface area contributed by atoms with Gasteiger partial charge in [-0.3, -0.25) is 4.98 Å². The lowest BCUT2D eigenvalue weighted by molar-refractivity contribution is 0.450. The molecule has 0 aliphatic carbocycles. The van der Waals surface area contributed by atoms with E-state index in [9.17, 15) is 0 Å². The summed E-state index contributed by atoms with van der Waals surface area (Å²) < 4.78 is 0. The molecule has 0 radical (unpaired) electrons. The van der Waals surface area contributed by atoms with Gasteiger partial charge < -0.3 is 5.32 Å². The maximum Gasteiger partial charge on any atom is 0.0570 e. The third-order valence-corrected chi connectivity index (χ3v) is 3.89. The molecule has 0 amide bonds. The molecule has 4 heteroatoms. The molecule has 2 atom stereocenters. The molecule has 0 bridgehead atoms. The summed E-state index contributed by atoms with van der Waals surface area (Å²) in [7, 11) is 0. The molecular formula is C16H18Cl2N2. The van der Waals surface area contributed by atoms with Gasteiger partial charge in [0.25, 0.3) is 0 Å². The predicted octanol–water partition coefficient (Wildman–Crippen LogP) is 5.19. The summed E-state index contributed by atoms with van der Waals surface area (Å²) in [5.41, 5.74) is 2.09. The van der Waals surface area contributed by atoms with Crippen LogP contribution in [0, 0.1) is 0 Å². The first kappa shape index (κ1) is 15.3. The number of nitrogens with one attached hydrogen (secondary N) is 1. The Balaban J connectivity index is 2.17. The van der Waals surface area contributed by atoms with Gasteiger partial charge in [-0.05, 0) is 43.2 Å². The number of hydrogen-bond acceptors (Lipinski definition) is 2. The summed E-state index contributed by atoms with van der Waals surface area (Å²) in [5.74, 6) is 0. The molecule has 0 aliphatic heterocycles. The van der Waals surface area contributed by atoms with E-state index in [0.717, 1.165) is 17.7 Å². The van der Waals surface area contributed by atoms with Crippen LogP contribution in [-0.4, -0.2) is 4.98 Å². The van der Waals surface area contributed by atoms with Crippen LogP contribution in [0.4, 0.5) is 0 Å². The Labute approximate surface area is 130 Å². The highest BCUT2D eigenvalue weighted by Gasteiger charge is 2.16. The van der Waals surface area contributed by atoms with E-state index in [0.29, 0.717) is 10.0 Å². The van der Waals surface area contributed by atoms with Gasteiger partial charge in [-0.2, -0.15) is 0 Å². The molecular weight excluding hydrogens is 291 g/mol. The first-order valence-corrected chi connectivity index (χ1v) is 7.49. The average Bonchev–Trinajstić information content (AvgIpc) is 2.46. The van der Waals surface area contributed by atoms with Crippen LogP contribution in [0.5, 0.6) is 0 Å². The number of pyridine rings is 1. The van der Waals surface area contributed by atoms with Crippen molar-refractivity contribution < 1.29 is 0 Å². The summed E-state index contributed by atoms with van der Waals surface area (Å²) in [6.07, 6.45) is 2.75. The highest BCUT2D eigenvalue weighted by Crippen LogP contribution is 2.29. The molecule has 1 heterocycles. The zero-order valence-corrected chi connectivity index (χ0v) is 13.1. The number of rotatable bonds is 5. The number of nitrogens with zero attached hydrogens (tertiary/aromatic N) is 1. The van der Waals surface area contributed by atoms with Gasteiger partial charge in [-0.15, -0.1) is 0 Å². The molecule has 2 aromatic rings. The van der Waals surface area contributed by atoms with Gasteiger partial charge in [-0.1, -0.05) is 42.3 Å². The quantitative estimate of drug-likeness (QED) is 0.822. The lowest BCUT2D eigenvalue weighted by Crippen LogP contribution is -2.25. The second-order valence-electron chi connectivity index (χ2n) is 4.77. The minimum absolute atomic E-state index is 0.160. The van der Waals surface area contributed by atoms with Gasteiger partial charge in [0.15, 0.2) is 0 Å². The lowest BCUT2D eigenvalue weighted by Gasteiger charge is -2.23. The van der Waals surface area contributed by atoms with Crippen LogP contribution in [0.3, 0.4) is 0 Å². The number of halogens is 2. The summed E-state index contributed by atoms with van der Waals surface area (Å²) in [6.45, 7) is 4.24. The molecule has 20 heavy (non-hydrogen) atoms. The summed E-state index contributed by atoms with van der Waals surface area (Å²) in [4.78, 5) is 4.38. The van der Waals surface area contributed by atoms with E-state index in [-0.39, 0.29) is 12.1 Å². The van der Waals surface area contributed by atoms with Crippen LogP contribution >= 0.6 is 23.2 Å². The molecule has 1 N–H and O–H groups in total. The molecule has 0 spiro atoms. The van der Waals surface area contributed by atoms with Crippen LogP contribution in [0.2, 0.25) is 10.0 Å². The van der Waals surface area contributed by atoms with Gasteiger partial charge in [0.2, 0.25) is 0 Å². The Morgan fingerprint density at radius 1 is 1.20 bits per heavy atom. The Bertz CT molecular complexity index is 558. The van der Waals surface area contributed by atoms with Crippen molar-refractivity contribution in [3.05, 3.63) is 63.9 Å². The standard InChI is InChI=1S/C16H18Cl2N2/c1-3-15(13-8-7-12(17)10-14(13)18)20-11(2)16-6-4-5-9-19-16/h4-11,15,20H,3H2,1-2H3/t11-,15?/m0/s1. The fraction of sp³-hybridized carbons (Fsp3) is 0.312. The van der Waals surface area contributed by atoms with Crippen molar-refractivity contribution in [2.45, 2.75) is 32.4 Å². The molecule has 2 rings (SSSR count). The number of aromatic nitrogens is 1. The van der Waals surface area contributed by atoms with E-state index in [2.05, 4.69) is 24.1 Å². The van der Waals surface area contributed by atoms with Gasteiger partial charge in [0, 0.05) is 28.3 Å². The van der Waals surface area contributed by atoms with E-state index in [1.807, 2.05) is 36.5 Å². The van der Waals surface area contributed by atoms with Gasteiger partial charge >= 0.3 is 0 Å². The second-order valence-corrected chi connectivity index (χ2v) is 5.61. The van der Waals surface area contributed by atoms with E-state index >= 15 is 0 Å². The van der Waals surface area contributed by atoms with Crippen molar-refractivity contribution in [3.8, 4) is 0 Å². The molecule has 106 valence electrons. The maximum absolute atomic E-state index is 6.29. The Kier molecular flexibility index (Phi) is 5.41. The van der Waals surface area contributed by atoms with Crippen molar-refractivity contribution in [3.63, 3.8) is 0 Å². The highest BCUT2D eigenvalue weighted by molar-refractivity contribution is 6.35. The molecule has 0 saturated carbocycles. The van der Waals surface area contributed by atoms with Crippen LogP contribution in [-0.2, 0) is 0 Å². The van der Waals surface area contributed by atoms with Crippen molar-refractivity contribution in [2.24, 2.45) is 0 Å². The van der Waals surface area contributed by atoms with Crippen molar-refractivity contribution in [1.82, 2.24) is 10.3 Å². The largest absolute Gasteiger partial charge is 0.302 e. The molecule has 1 aromatic carbocycles. The Hall–Kier alpha value is -1.09. The predicted molar refractivity (Wildman–Crippen MR) is 85.3 cm³/mol. The first-order valence-electron chi connectivity index (χ1n) is 6.73. The average molecular weight is 309 g/mol. The summed E-state index contributed by atoms with van der Waals surface area (Å²) in [6, 6.07) is 11.9. The fourth-order valence-electron chi connectivity index (χ4n) is 2.23. The number of hydrogen-bond donors (Lipinski definition) is 1. The topological polar surface area (TPSA) is 24.9 Å². The fourth-order valence-corrected chi connectivity index (χ4v) is 2.77. The van der Waals surface area contributed by atoms with E-state index in [1.165, 1.54) is 0 Å². The third kappa shape index (κ3) is 3.72. The van der Waals surface area contributed by atoms with E-state index in [4.69, 9.17) is 23.2 Å². The molecule has 0 fully saturated rings. The van der Waals surface area contributed by atoms with E-state index in [1.54, 1.807) is 6.07 Å². The molecule has 0 saturated heterocycles. The summed E-state index contributed by atoms with van der Waals surface area (Å²) in [5, 5.41) is 4.93. The van der Waals surface area contributed by atoms with Crippen molar-refractivity contribution in [2.75, 3.05) is 0 Å². The molecule has 1 unspecified atom stereocenters. The minimum atomic E-state index is 0.160. The van der Waals surface area contributed by atoms with Gasteiger partial charge in [0.1, 0.15) is 0 Å². The van der Waals surface area contributed by atoms with Crippen molar-refractivity contribution in [1.29, 1.82) is 0 Å². The zero-order chi connectivity index (χ0) is 14.5. The molecule has 0 aliphatic rings. The minimum Gasteiger partial charge on any atom is -0.302 e. The molecule has 2 nitrogen and oxygen atoms in total. The first-order chi connectivity index (χ1) is 9.61. The van der Waals surface area contributed by atoms with Crippen LogP contribution in [0.15, 0.2) is 42.6 Å². The van der Waals surface area contributed by atoms with Crippen LogP contribution in [0.1, 0.15) is 43.6 Å². The number of benzene rings is 1. The third-order valence-electron chi connectivity index (χ3n) is 3.33.